The topological polar surface area (TPSA) is 118 Å². The van der Waals surface area contributed by atoms with Crippen molar-refractivity contribution < 1.29 is 16.8 Å². The van der Waals surface area contributed by atoms with E-state index in [4.69, 9.17) is 5.73 Å². The molecule has 0 bridgehead atoms. The summed E-state index contributed by atoms with van der Waals surface area (Å²) in [6.45, 7) is 3.24. The molecule has 1 unspecified atom stereocenters. The van der Waals surface area contributed by atoms with Crippen LogP contribution < -0.4 is 15.2 Å². The number of sulfonamides is 2. The molecule has 0 rings (SSSR count). The number of hydrogen-bond donors (Lipinski definition) is 3. The molecule has 0 saturated carbocycles. The van der Waals surface area contributed by atoms with Crippen molar-refractivity contribution >= 4 is 20.0 Å². The Bertz CT molecular complexity index is 390. The zero-order valence-corrected chi connectivity index (χ0v) is 11.1. The fourth-order valence-electron chi connectivity index (χ4n) is 0.879. The Kier molecular flexibility index (Phi) is 6.41. The summed E-state index contributed by atoms with van der Waals surface area (Å²) in [4.78, 5) is 0. The van der Waals surface area contributed by atoms with Crippen molar-refractivity contribution in [3.63, 3.8) is 0 Å². The van der Waals surface area contributed by atoms with E-state index in [1.807, 2.05) is 0 Å². The Morgan fingerprint density at radius 2 is 1.75 bits per heavy atom. The van der Waals surface area contributed by atoms with E-state index in [1.165, 1.54) is 6.92 Å². The molecule has 0 spiro atoms. The first kappa shape index (κ1) is 15.8. The summed E-state index contributed by atoms with van der Waals surface area (Å²) in [6.07, 6.45) is 0. The molecule has 16 heavy (non-hydrogen) atoms. The molecule has 7 nitrogen and oxygen atoms in total. The zero-order chi connectivity index (χ0) is 12.8. The summed E-state index contributed by atoms with van der Waals surface area (Å²) in [7, 11) is -6.91. The van der Waals surface area contributed by atoms with Gasteiger partial charge in [0, 0.05) is 19.6 Å². The number of nitrogens with one attached hydrogen (secondary N) is 2. The molecule has 98 valence electrons. The molecule has 0 amide bonds. The van der Waals surface area contributed by atoms with Crippen molar-refractivity contribution in [2.24, 2.45) is 5.73 Å². The van der Waals surface area contributed by atoms with Crippen LogP contribution in [0.3, 0.4) is 0 Å². The molecule has 0 aliphatic rings. The van der Waals surface area contributed by atoms with Crippen LogP contribution in [0.5, 0.6) is 0 Å². The molecule has 4 N–H and O–H groups in total. The number of rotatable bonds is 8. The maximum absolute atomic E-state index is 11.4. The molecule has 0 saturated heterocycles. The van der Waals surface area contributed by atoms with Gasteiger partial charge >= 0.3 is 0 Å². The first-order chi connectivity index (χ1) is 7.25. The van der Waals surface area contributed by atoms with Gasteiger partial charge in [-0.25, -0.2) is 26.3 Å². The number of nitrogens with two attached hydrogens (primary N) is 1. The highest BCUT2D eigenvalue weighted by molar-refractivity contribution is 7.90. The lowest BCUT2D eigenvalue weighted by atomic mass is 10.5. The van der Waals surface area contributed by atoms with E-state index < -0.39 is 25.3 Å². The van der Waals surface area contributed by atoms with Gasteiger partial charge < -0.3 is 5.73 Å². The van der Waals surface area contributed by atoms with E-state index in [1.54, 1.807) is 6.92 Å². The molecule has 9 heteroatoms. The van der Waals surface area contributed by atoms with E-state index in [0.717, 1.165) is 0 Å². The van der Waals surface area contributed by atoms with Gasteiger partial charge in [-0.1, -0.05) is 6.92 Å². The molecule has 1 atom stereocenters. The van der Waals surface area contributed by atoms with Crippen LogP contribution in [0.1, 0.15) is 13.8 Å². The van der Waals surface area contributed by atoms with Crippen LogP contribution in [0.25, 0.3) is 0 Å². The van der Waals surface area contributed by atoms with Crippen LogP contribution >= 0.6 is 0 Å². The summed E-state index contributed by atoms with van der Waals surface area (Å²) in [5.41, 5.74) is 5.21. The van der Waals surface area contributed by atoms with Gasteiger partial charge in [0.2, 0.25) is 20.0 Å². The van der Waals surface area contributed by atoms with Crippen LogP contribution in [-0.4, -0.2) is 47.5 Å². The third-order valence-corrected chi connectivity index (χ3v) is 5.23. The maximum atomic E-state index is 11.4. The largest absolute Gasteiger partial charge is 0.329 e. The minimum atomic E-state index is -3.51. The van der Waals surface area contributed by atoms with Crippen molar-refractivity contribution in [2.45, 2.75) is 19.1 Å². The van der Waals surface area contributed by atoms with Crippen molar-refractivity contribution in [1.29, 1.82) is 0 Å². The Hall–Kier alpha value is -0.220. The highest BCUT2D eigenvalue weighted by Gasteiger charge is 2.19. The van der Waals surface area contributed by atoms with Crippen LogP contribution in [0.15, 0.2) is 0 Å². The zero-order valence-electron chi connectivity index (χ0n) is 9.43. The van der Waals surface area contributed by atoms with Crippen molar-refractivity contribution in [3.8, 4) is 0 Å². The Morgan fingerprint density at radius 1 is 1.19 bits per heavy atom. The van der Waals surface area contributed by atoms with Gasteiger partial charge in [-0.15, -0.1) is 0 Å². The monoisotopic (exact) mass is 273 g/mol. The predicted octanol–water partition coefficient (Wildman–Crippen LogP) is -1.81. The molecule has 0 aromatic carbocycles. The van der Waals surface area contributed by atoms with Crippen molar-refractivity contribution in [3.05, 3.63) is 0 Å². The lowest BCUT2D eigenvalue weighted by Gasteiger charge is -2.11. The van der Waals surface area contributed by atoms with Crippen LogP contribution in [0.2, 0.25) is 0 Å². The van der Waals surface area contributed by atoms with Gasteiger partial charge in [-0.3, -0.25) is 0 Å². The minimum absolute atomic E-state index is 0.00467. The highest BCUT2D eigenvalue weighted by Crippen LogP contribution is 1.95. The summed E-state index contributed by atoms with van der Waals surface area (Å²) < 4.78 is 49.6. The first-order valence-electron chi connectivity index (χ1n) is 4.91. The third kappa shape index (κ3) is 5.75. The molecule has 0 aromatic heterocycles. The Balaban J connectivity index is 4.19. The van der Waals surface area contributed by atoms with Gasteiger partial charge in [0.1, 0.15) is 0 Å². The van der Waals surface area contributed by atoms with Gasteiger partial charge in [-0.05, 0) is 6.92 Å². The molecule has 0 radical (unpaired) electrons. The third-order valence-electron chi connectivity index (χ3n) is 1.90. The van der Waals surface area contributed by atoms with E-state index in [-0.39, 0.29) is 25.4 Å². The molecular formula is C7H19N3O4S2. The van der Waals surface area contributed by atoms with E-state index >= 15 is 0 Å². The highest BCUT2D eigenvalue weighted by atomic mass is 32.2. The lowest BCUT2D eigenvalue weighted by Crippen LogP contribution is -2.40. The van der Waals surface area contributed by atoms with E-state index in [0.29, 0.717) is 0 Å². The van der Waals surface area contributed by atoms with E-state index in [2.05, 4.69) is 9.44 Å². The van der Waals surface area contributed by atoms with E-state index in [9.17, 15) is 16.8 Å². The predicted molar refractivity (Wildman–Crippen MR) is 62.9 cm³/mol. The lowest BCUT2D eigenvalue weighted by molar-refractivity contribution is 0.568. The Labute approximate surface area is 96.9 Å². The summed E-state index contributed by atoms with van der Waals surface area (Å²) in [6, 6.07) is 0. The van der Waals surface area contributed by atoms with Crippen molar-refractivity contribution in [1.82, 2.24) is 9.44 Å². The number of hydrogen-bond acceptors (Lipinski definition) is 5. The van der Waals surface area contributed by atoms with Crippen LogP contribution in [0.4, 0.5) is 0 Å². The Morgan fingerprint density at radius 3 is 2.19 bits per heavy atom. The van der Waals surface area contributed by atoms with Crippen molar-refractivity contribution in [2.75, 3.05) is 25.4 Å². The fourth-order valence-corrected chi connectivity index (χ4v) is 2.89. The fraction of sp³-hybridized carbons (Fsp3) is 1.00. The first-order valence-corrected chi connectivity index (χ1v) is 8.11. The van der Waals surface area contributed by atoms with Gasteiger partial charge in [0.05, 0.1) is 11.0 Å². The molecule has 0 heterocycles. The molecule has 0 fully saturated rings. The molecule has 0 aliphatic carbocycles. The average molecular weight is 273 g/mol. The molecular weight excluding hydrogens is 254 g/mol. The van der Waals surface area contributed by atoms with Gasteiger partial charge in [-0.2, -0.15) is 0 Å². The molecule has 0 aliphatic heterocycles. The second-order valence-electron chi connectivity index (χ2n) is 3.30. The SMILES string of the molecule is CCNS(=O)(=O)CCNS(=O)(=O)C(C)CN. The maximum Gasteiger partial charge on any atom is 0.215 e. The second-order valence-corrected chi connectivity index (χ2v) is 7.41. The normalized spacial score (nSPS) is 14.9. The van der Waals surface area contributed by atoms with Gasteiger partial charge in [0.25, 0.3) is 0 Å². The molecule has 0 aromatic rings. The minimum Gasteiger partial charge on any atom is -0.329 e. The summed E-state index contributed by atoms with van der Waals surface area (Å²) in [5.74, 6) is -0.280. The smallest absolute Gasteiger partial charge is 0.215 e. The second kappa shape index (κ2) is 6.50. The summed E-state index contributed by atoms with van der Waals surface area (Å²) >= 11 is 0. The summed E-state index contributed by atoms with van der Waals surface area (Å²) in [5, 5.41) is -0.727. The average Bonchev–Trinajstić information content (AvgIpc) is 2.15. The quantitative estimate of drug-likeness (QED) is 0.482. The van der Waals surface area contributed by atoms with Crippen LogP contribution in [-0.2, 0) is 20.0 Å². The standard InChI is InChI=1S/C7H19N3O4S2/c1-3-9-15(11,12)5-4-10-16(13,14)7(2)6-8/h7,9-10H,3-6,8H2,1-2H3. The van der Waals surface area contributed by atoms with Crippen LogP contribution in [0, 0.1) is 0 Å². The van der Waals surface area contributed by atoms with Gasteiger partial charge in [0.15, 0.2) is 0 Å².